The number of hydrogen-bond donors (Lipinski definition) is 1. The van der Waals surface area contributed by atoms with Crippen LogP contribution in [0.1, 0.15) is 12.0 Å². The number of carboxylic acid groups (broad SMARTS) is 1. The molecule has 1 aliphatic heterocycles. The minimum atomic E-state index is -1.02. The van der Waals surface area contributed by atoms with Gasteiger partial charge in [0.05, 0.1) is 4.91 Å². The molecular formula is C15H15NO3S3. The summed E-state index contributed by atoms with van der Waals surface area (Å²) < 4.78 is 0.306. The second-order valence-electron chi connectivity index (χ2n) is 4.60. The molecule has 1 fully saturated rings. The largest absolute Gasteiger partial charge is 0.480 e. The quantitative estimate of drug-likeness (QED) is 0.626. The molecule has 0 unspecified atom stereocenters. The summed E-state index contributed by atoms with van der Waals surface area (Å²) in [6.07, 6.45) is 4.02. The molecule has 1 amide bonds. The third kappa shape index (κ3) is 3.91. The first kappa shape index (κ1) is 17.1. The molecule has 0 saturated carbocycles. The van der Waals surface area contributed by atoms with Crippen molar-refractivity contribution in [2.24, 2.45) is 0 Å². The molecule has 1 N–H and O–H groups in total. The molecule has 1 aromatic rings. The van der Waals surface area contributed by atoms with Gasteiger partial charge in [-0.25, -0.2) is 4.79 Å². The SMILES string of the molecule is CSCC[C@H](C(=O)O)N1C(=O)/C(=C\c2ccccc2)SC1=S. The average Bonchev–Trinajstić information content (AvgIpc) is 2.76. The number of thioether (sulfide) groups is 2. The van der Waals surface area contributed by atoms with Crippen molar-refractivity contribution in [1.29, 1.82) is 0 Å². The van der Waals surface area contributed by atoms with Gasteiger partial charge in [-0.2, -0.15) is 11.8 Å². The number of aliphatic carboxylic acids is 1. The van der Waals surface area contributed by atoms with E-state index in [4.69, 9.17) is 12.2 Å². The van der Waals surface area contributed by atoms with E-state index in [0.29, 0.717) is 21.4 Å². The van der Waals surface area contributed by atoms with Crippen molar-refractivity contribution in [2.75, 3.05) is 12.0 Å². The zero-order chi connectivity index (χ0) is 16.1. The molecule has 0 aliphatic carbocycles. The normalized spacial score (nSPS) is 18.0. The third-order valence-corrected chi connectivity index (χ3v) is 5.09. The topological polar surface area (TPSA) is 57.6 Å². The molecule has 0 aromatic heterocycles. The first-order valence-electron chi connectivity index (χ1n) is 6.58. The van der Waals surface area contributed by atoms with Gasteiger partial charge in [0.25, 0.3) is 5.91 Å². The molecule has 0 radical (unpaired) electrons. The number of rotatable bonds is 6. The number of carbonyl (C=O) groups is 2. The smallest absolute Gasteiger partial charge is 0.326 e. The summed E-state index contributed by atoms with van der Waals surface area (Å²) in [6, 6.07) is 8.52. The summed E-state index contributed by atoms with van der Waals surface area (Å²) in [7, 11) is 0. The van der Waals surface area contributed by atoms with Crippen LogP contribution >= 0.6 is 35.7 Å². The van der Waals surface area contributed by atoms with Crippen LogP contribution in [0.3, 0.4) is 0 Å². The Morgan fingerprint density at radius 1 is 1.45 bits per heavy atom. The highest BCUT2D eigenvalue weighted by molar-refractivity contribution is 8.26. The lowest BCUT2D eigenvalue weighted by atomic mass is 10.2. The molecule has 1 saturated heterocycles. The van der Waals surface area contributed by atoms with Gasteiger partial charge < -0.3 is 5.11 Å². The van der Waals surface area contributed by atoms with Gasteiger partial charge in [0.1, 0.15) is 10.4 Å². The standard InChI is InChI=1S/C15H15NO3S3/c1-21-8-7-11(14(18)19)16-13(17)12(22-15(16)20)9-10-5-3-2-4-6-10/h2-6,9,11H,7-8H2,1H3,(H,18,19)/b12-9+/t11-/m1/s1. The van der Waals surface area contributed by atoms with Crippen LogP contribution in [0.4, 0.5) is 0 Å². The van der Waals surface area contributed by atoms with Crippen LogP contribution < -0.4 is 0 Å². The second-order valence-corrected chi connectivity index (χ2v) is 7.26. The highest BCUT2D eigenvalue weighted by Crippen LogP contribution is 2.34. The number of carbonyl (C=O) groups excluding carboxylic acids is 1. The van der Waals surface area contributed by atoms with Crippen LogP contribution in [0.2, 0.25) is 0 Å². The maximum absolute atomic E-state index is 12.5. The van der Waals surface area contributed by atoms with Gasteiger partial charge in [-0.05, 0) is 30.1 Å². The minimum absolute atomic E-state index is 0.306. The maximum Gasteiger partial charge on any atom is 0.326 e. The third-order valence-electron chi connectivity index (χ3n) is 3.11. The van der Waals surface area contributed by atoms with Gasteiger partial charge in [-0.3, -0.25) is 9.69 Å². The van der Waals surface area contributed by atoms with Gasteiger partial charge in [0, 0.05) is 0 Å². The van der Waals surface area contributed by atoms with E-state index in [1.807, 2.05) is 36.6 Å². The number of amides is 1. The summed E-state index contributed by atoms with van der Waals surface area (Å²) in [5.74, 6) is -0.690. The van der Waals surface area contributed by atoms with E-state index in [9.17, 15) is 14.7 Å². The molecule has 1 aliphatic rings. The molecule has 2 rings (SSSR count). The van der Waals surface area contributed by atoms with Crippen molar-refractivity contribution in [3.63, 3.8) is 0 Å². The Morgan fingerprint density at radius 3 is 2.73 bits per heavy atom. The van der Waals surface area contributed by atoms with Crippen molar-refractivity contribution < 1.29 is 14.7 Å². The fourth-order valence-electron chi connectivity index (χ4n) is 2.04. The van der Waals surface area contributed by atoms with E-state index in [1.54, 1.807) is 17.8 Å². The number of hydrogen-bond acceptors (Lipinski definition) is 5. The lowest BCUT2D eigenvalue weighted by Crippen LogP contribution is -2.44. The zero-order valence-corrected chi connectivity index (χ0v) is 14.3. The molecule has 7 heteroatoms. The predicted octanol–water partition coefficient (Wildman–Crippen LogP) is 3.09. The van der Waals surface area contributed by atoms with Gasteiger partial charge in [0.2, 0.25) is 0 Å². The van der Waals surface area contributed by atoms with E-state index in [1.165, 1.54) is 4.90 Å². The van der Waals surface area contributed by atoms with E-state index >= 15 is 0 Å². The molecule has 1 aromatic carbocycles. The van der Waals surface area contributed by atoms with Crippen LogP contribution in [-0.2, 0) is 9.59 Å². The Balaban J connectivity index is 2.24. The fraction of sp³-hybridized carbons (Fsp3) is 0.267. The number of benzene rings is 1. The molecule has 0 spiro atoms. The molecule has 0 bridgehead atoms. The lowest BCUT2D eigenvalue weighted by molar-refractivity contribution is -0.145. The highest BCUT2D eigenvalue weighted by atomic mass is 32.2. The lowest BCUT2D eigenvalue weighted by Gasteiger charge is -2.22. The van der Waals surface area contributed by atoms with Crippen molar-refractivity contribution in [3.05, 3.63) is 40.8 Å². The Labute approximate surface area is 143 Å². The number of carboxylic acids is 1. The van der Waals surface area contributed by atoms with Crippen molar-refractivity contribution in [1.82, 2.24) is 4.90 Å². The Hall–Kier alpha value is -1.31. The molecule has 116 valence electrons. The van der Waals surface area contributed by atoms with Gasteiger partial charge in [0.15, 0.2) is 0 Å². The van der Waals surface area contributed by atoms with E-state index in [-0.39, 0.29) is 5.91 Å². The predicted molar refractivity (Wildman–Crippen MR) is 95.9 cm³/mol. The second kappa shape index (κ2) is 7.80. The number of thiocarbonyl (C=S) groups is 1. The Morgan fingerprint density at radius 2 is 2.14 bits per heavy atom. The Bertz CT molecular complexity index is 616. The average molecular weight is 353 g/mol. The van der Waals surface area contributed by atoms with E-state index in [2.05, 4.69) is 0 Å². The van der Waals surface area contributed by atoms with Crippen LogP contribution in [0.5, 0.6) is 0 Å². The van der Waals surface area contributed by atoms with Crippen molar-refractivity contribution in [2.45, 2.75) is 12.5 Å². The molecule has 4 nitrogen and oxygen atoms in total. The minimum Gasteiger partial charge on any atom is -0.480 e. The zero-order valence-electron chi connectivity index (χ0n) is 11.9. The molecular weight excluding hydrogens is 338 g/mol. The maximum atomic E-state index is 12.5. The van der Waals surface area contributed by atoms with Crippen LogP contribution in [0.25, 0.3) is 6.08 Å². The monoisotopic (exact) mass is 353 g/mol. The fourth-order valence-corrected chi connectivity index (χ4v) is 3.86. The summed E-state index contributed by atoms with van der Waals surface area (Å²) in [4.78, 5) is 25.7. The Kier molecular flexibility index (Phi) is 6.05. The molecule has 22 heavy (non-hydrogen) atoms. The summed E-state index contributed by atoms with van der Waals surface area (Å²) >= 11 is 7.91. The number of nitrogens with zero attached hydrogens (tertiary/aromatic N) is 1. The van der Waals surface area contributed by atoms with Gasteiger partial charge in [-0.1, -0.05) is 54.3 Å². The van der Waals surface area contributed by atoms with Crippen LogP contribution in [0, 0.1) is 0 Å². The molecule has 1 atom stereocenters. The van der Waals surface area contributed by atoms with Crippen molar-refractivity contribution in [3.8, 4) is 0 Å². The highest BCUT2D eigenvalue weighted by Gasteiger charge is 2.40. The summed E-state index contributed by atoms with van der Waals surface area (Å²) in [6.45, 7) is 0. The van der Waals surface area contributed by atoms with E-state index < -0.39 is 12.0 Å². The van der Waals surface area contributed by atoms with Gasteiger partial charge >= 0.3 is 5.97 Å². The van der Waals surface area contributed by atoms with Crippen LogP contribution in [-0.4, -0.2) is 44.3 Å². The van der Waals surface area contributed by atoms with Crippen molar-refractivity contribution >= 4 is 58.0 Å². The molecule has 1 heterocycles. The summed E-state index contributed by atoms with van der Waals surface area (Å²) in [5, 5.41) is 9.38. The first-order valence-corrected chi connectivity index (χ1v) is 9.20. The first-order chi connectivity index (χ1) is 10.5. The summed E-state index contributed by atoms with van der Waals surface area (Å²) in [5.41, 5.74) is 0.888. The van der Waals surface area contributed by atoms with E-state index in [0.717, 1.165) is 17.3 Å². The van der Waals surface area contributed by atoms with Gasteiger partial charge in [-0.15, -0.1) is 0 Å². The van der Waals surface area contributed by atoms with Crippen LogP contribution in [0.15, 0.2) is 35.2 Å².